The molecule has 2 heterocycles. The summed E-state index contributed by atoms with van der Waals surface area (Å²) in [4.78, 5) is 4.78. The van der Waals surface area contributed by atoms with Crippen LogP contribution >= 0.6 is 15.9 Å². The van der Waals surface area contributed by atoms with E-state index in [2.05, 4.69) is 27.0 Å². The smallest absolute Gasteiger partial charge is 0.0836 e. The molecule has 0 aliphatic carbocycles. The molecule has 2 atom stereocenters. The number of ether oxygens (including phenoxy) is 1. The van der Waals surface area contributed by atoms with Gasteiger partial charge in [-0.25, -0.2) is 0 Å². The van der Waals surface area contributed by atoms with Crippen molar-refractivity contribution in [1.29, 1.82) is 0 Å². The first-order valence-electron chi connectivity index (χ1n) is 4.94. The second kappa shape index (κ2) is 4.41. The molecule has 1 aromatic heterocycles. The van der Waals surface area contributed by atoms with Gasteiger partial charge in [0.05, 0.1) is 6.10 Å². The van der Waals surface area contributed by atoms with Gasteiger partial charge in [-0.2, -0.15) is 0 Å². The first-order valence-corrected chi connectivity index (χ1v) is 5.85. The van der Waals surface area contributed by atoms with Crippen molar-refractivity contribution in [2.45, 2.75) is 30.7 Å². The molecule has 1 saturated heterocycles. The molecular formula is C11H14BrNO. The summed E-state index contributed by atoms with van der Waals surface area (Å²) < 4.78 is 5.73. The fraction of sp³-hybridized carbons (Fsp3) is 0.545. The van der Waals surface area contributed by atoms with Crippen molar-refractivity contribution in [3.63, 3.8) is 0 Å². The fourth-order valence-corrected chi connectivity index (χ4v) is 2.28. The molecule has 0 bridgehead atoms. The van der Waals surface area contributed by atoms with Crippen molar-refractivity contribution in [1.82, 2.24) is 4.98 Å². The molecule has 0 radical (unpaired) electrons. The van der Waals surface area contributed by atoms with Gasteiger partial charge in [-0.15, -0.1) is 0 Å². The van der Waals surface area contributed by atoms with Crippen LogP contribution in [0.3, 0.4) is 0 Å². The maximum atomic E-state index is 5.73. The van der Waals surface area contributed by atoms with Crippen molar-refractivity contribution in [3.05, 3.63) is 29.6 Å². The lowest BCUT2D eigenvalue weighted by molar-refractivity contribution is 0.0186. The number of rotatable bonds is 1. The highest BCUT2D eigenvalue weighted by Gasteiger charge is 2.21. The average Bonchev–Trinajstić information content (AvgIpc) is 2.18. The normalized spacial score (nSPS) is 27.6. The zero-order valence-electron chi connectivity index (χ0n) is 8.24. The summed E-state index contributed by atoms with van der Waals surface area (Å²) in [6, 6.07) is 4.15. The van der Waals surface area contributed by atoms with Gasteiger partial charge >= 0.3 is 0 Å². The van der Waals surface area contributed by atoms with Gasteiger partial charge in [0.15, 0.2) is 0 Å². The molecular weight excluding hydrogens is 242 g/mol. The number of hydrogen-bond donors (Lipinski definition) is 0. The van der Waals surface area contributed by atoms with Crippen LogP contribution < -0.4 is 0 Å². The van der Waals surface area contributed by atoms with E-state index in [4.69, 9.17) is 4.74 Å². The lowest BCUT2D eigenvalue weighted by atomic mass is 10.0. The van der Waals surface area contributed by atoms with Gasteiger partial charge < -0.3 is 4.74 Å². The zero-order chi connectivity index (χ0) is 9.97. The summed E-state index contributed by atoms with van der Waals surface area (Å²) in [5, 5.41) is 0. The molecule has 0 saturated carbocycles. The Morgan fingerprint density at radius 3 is 3.14 bits per heavy atom. The fourth-order valence-electron chi connectivity index (χ4n) is 1.76. The van der Waals surface area contributed by atoms with Crippen molar-refractivity contribution in [2.24, 2.45) is 0 Å². The monoisotopic (exact) mass is 255 g/mol. The Balaban J connectivity index is 2.14. The lowest BCUT2D eigenvalue weighted by Gasteiger charge is -2.26. The topological polar surface area (TPSA) is 22.1 Å². The minimum Gasteiger partial charge on any atom is -0.373 e. The first-order chi connectivity index (χ1) is 6.75. The Kier molecular flexibility index (Phi) is 3.19. The van der Waals surface area contributed by atoms with E-state index >= 15 is 0 Å². The molecule has 1 unspecified atom stereocenters. The van der Waals surface area contributed by atoms with E-state index in [0.717, 1.165) is 25.1 Å². The summed E-state index contributed by atoms with van der Waals surface area (Å²) in [5.41, 5.74) is 2.31. The lowest BCUT2D eigenvalue weighted by Crippen LogP contribution is -2.19. The van der Waals surface area contributed by atoms with E-state index < -0.39 is 0 Å². The maximum absolute atomic E-state index is 5.73. The van der Waals surface area contributed by atoms with Crippen LogP contribution in [0, 0.1) is 6.92 Å². The first kappa shape index (κ1) is 10.1. The third kappa shape index (κ3) is 2.34. The Morgan fingerprint density at radius 2 is 2.43 bits per heavy atom. The third-order valence-electron chi connectivity index (χ3n) is 2.51. The van der Waals surface area contributed by atoms with Crippen molar-refractivity contribution < 1.29 is 4.74 Å². The number of hydrogen-bond acceptors (Lipinski definition) is 2. The van der Waals surface area contributed by atoms with Gasteiger partial charge in [-0.3, -0.25) is 4.98 Å². The van der Waals surface area contributed by atoms with Gasteiger partial charge in [0, 0.05) is 23.3 Å². The van der Waals surface area contributed by atoms with Crippen molar-refractivity contribution in [2.75, 3.05) is 6.61 Å². The molecule has 1 aliphatic rings. The number of alkyl halides is 1. The van der Waals surface area contributed by atoms with Gasteiger partial charge in [0.2, 0.25) is 0 Å². The van der Waals surface area contributed by atoms with Crippen molar-refractivity contribution in [3.8, 4) is 0 Å². The summed E-state index contributed by atoms with van der Waals surface area (Å²) in [7, 11) is 0. The number of halogens is 1. The highest BCUT2D eigenvalue weighted by molar-refractivity contribution is 9.09. The van der Waals surface area contributed by atoms with E-state index in [9.17, 15) is 0 Å². The van der Waals surface area contributed by atoms with Crippen LogP contribution in [0.15, 0.2) is 18.3 Å². The highest BCUT2D eigenvalue weighted by atomic mass is 79.9. The van der Waals surface area contributed by atoms with E-state index in [1.807, 2.05) is 19.2 Å². The molecule has 2 nitrogen and oxygen atoms in total. The highest BCUT2D eigenvalue weighted by Crippen LogP contribution is 2.31. The van der Waals surface area contributed by atoms with Crippen LogP contribution in [0.25, 0.3) is 0 Å². The Labute approximate surface area is 92.8 Å². The number of nitrogens with zero attached hydrogens (tertiary/aromatic N) is 1. The van der Waals surface area contributed by atoms with Gasteiger partial charge in [0.1, 0.15) is 0 Å². The predicted octanol–water partition coefficient (Wildman–Crippen LogP) is 3.01. The van der Waals surface area contributed by atoms with Crippen LogP contribution in [0.5, 0.6) is 0 Å². The molecule has 14 heavy (non-hydrogen) atoms. The second-order valence-corrected chi connectivity index (χ2v) is 5.01. The molecule has 0 spiro atoms. The van der Waals surface area contributed by atoms with Crippen LogP contribution in [0.2, 0.25) is 0 Å². The van der Waals surface area contributed by atoms with E-state index in [-0.39, 0.29) is 6.10 Å². The van der Waals surface area contributed by atoms with Gasteiger partial charge in [0.25, 0.3) is 0 Å². The quantitative estimate of drug-likeness (QED) is 0.720. The zero-order valence-corrected chi connectivity index (χ0v) is 9.83. The summed E-state index contributed by atoms with van der Waals surface area (Å²) in [5.74, 6) is 0. The summed E-state index contributed by atoms with van der Waals surface area (Å²) in [6.45, 7) is 2.86. The van der Waals surface area contributed by atoms with E-state index in [1.54, 1.807) is 0 Å². The molecule has 0 amide bonds. The molecule has 1 aromatic rings. The summed E-state index contributed by atoms with van der Waals surface area (Å²) >= 11 is 3.65. The number of aromatic nitrogens is 1. The Bertz CT molecular complexity index is 316. The average molecular weight is 256 g/mol. The molecule has 76 valence electrons. The molecule has 2 rings (SSSR count). The molecule has 1 aliphatic heterocycles. The maximum Gasteiger partial charge on any atom is 0.0836 e. The SMILES string of the molecule is Cc1cc([C@H]2CC(Br)CCO2)ccn1. The summed E-state index contributed by atoms with van der Waals surface area (Å²) in [6.07, 6.45) is 4.27. The van der Waals surface area contributed by atoms with Crippen LogP contribution in [-0.4, -0.2) is 16.4 Å². The van der Waals surface area contributed by atoms with Gasteiger partial charge in [-0.05, 0) is 37.5 Å². The van der Waals surface area contributed by atoms with Crippen LogP contribution in [0.1, 0.15) is 30.2 Å². The van der Waals surface area contributed by atoms with Gasteiger partial charge in [-0.1, -0.05) is 15.9 Å². The van der Waals surface area contributed by atoms with Crippen molar-refractivity contribution >= 4 is 15.9 Å². The minimum absolute atomic E-state index is 0.245. The third-order valence-corrected chi connectivity index (χ3v) is 3.34. The molecule has 1 fully saturated rings. The minimum atomic E-state index is 0.245. The predicted molar refractivity (Wildman–Crippen MR) is 59.6 cm³/mol. The Morgan fingerprint density at radius 1 is 1.57 bits per heavy atom. The largest absolute Gasteiger partial charge is 0.373 e. The van der Waals surface area contributed by atoms with Crippen LogP contribution in [0.4, 0.5) is 0 Å². The second-order valence-electron chi connectivity index (χ2n) is 3.71. The number of aryl methyl sites for hydroxylation is 1. The molecule has 0 aromatic carbocycles. The van der Waals surface area contributed by atoms with Crippen LogP contribution in [-0.2, 0) is 4.74 Å². The molecule has 0 N–H and O–H groups in total. The number of pyridine rings is 1. The Hall–Kier alpha value is -0.410. The van der Waals surface area contributed by atoms with E-state index in [1.165, 1.54) is 5.56 Å². The van der Waals surface area contributed by atoms with E-state index in [0.29, 0.717) is 4.83 Å². The standard InChI is InChI=1S/C11H14BrNO/c1-8-6-9(2-4-13-8)11-7-10(12)3-5-14-11/h2,4,6,10-11H,3,5,7H2,1H3/t10?,11-/m1/s1. The molecule has 3 heteroatoms.